The van der Waals surface area contributed by atoms with Gasteiger partial charge in [-0.2, -0.15) is 5.10 Å². The molecular weight excluding hydrogens is 354 g/mol. The Hall–Kier alpha value is -1.13. The van der Waals surface area contributed by atoms with E-state index in [9.17, 15) is 9.59 Å². The first-order valence-corrected chi connectivity index (χ1v) is 6.55. The molecule has 0 saturated carbocycles. The van der Waals surface area contributed by atoms with Crippen LogP contribution in [0.25, 0.3) is 0 Å². The van der Waals surface area contributed by atoms with Gasteiger partial charge in [0.05, 0.1) is 13.1 Å². The van der Waals surface area contributed by atoms with Crippen LogP contribution >= 0.6 is 31.9 Å². The Labute approximate surface area is 114 Å². The number of halogens is 2. The zero-order valence-electron chi connectivity index (χ0n) is 8.77. The largest absolute Gasteiger partial charge is 0.348 e. The summed E-state index contributed by atoms with van der Waals surface area (Å²) in [5, 5.41) is 4.53. The Morgan fingerprint density at radius 3 is 2.71 bits per heavy atom. The van der Waals surface area contributed by atoms with E-state index < -0.39 is 11.2 Å². The van der Waals surface area contributed by atoms with Gasteiger partial charge in [0.1, 0.15) is 0 Å². The van der Waals surface area contributed by atoms with Gasteiger partial charge in [-0.25, -0.2) is 14.0 Å². The fraction of sp³-hybridized carbons (Fsp3) is 0.300. The number of hydrogen-bond donors (Lipinski definition) is 0. The molecule has 0 aliphatic carbocycles. The van der Waals surface area contributed by atoms with Gasteiger partial charge in [0.15, 0.2) is 4.60 Å². The Morgan fingerprint density at radius 2 is 2.12 bits per heavy atom. The number of terminal acetylenes is 1. The molecule has 17 heavy (non-hydrogen) atoms. The van der Waals surface area contributed by atoms with E-state index in [4.69, 9.17) is 6.42 Å². The third kappa shape index (κ3) is 3.41. The quantitative estimate of drug-likeness (QED) is 0.451. The van der Waals surface area contributed by atoms with Crippen molar-refractivity contribution < 1.29 is 0 Å². The minimum Gasteiger partial charge on any atom is -0.266 e. The van der Waals surface area contributed by atoms with Crippen LogP contribution in [0.5, 0.6) is 0 Å². The maximum atomic E-state index is 11.8. The number of allylic oxidation sites excluding steroid dienone is 2. The van der Waals surface area contributed by atoms with Crippen molar-refractivity contribution in [2.75, 3.05) is 5.33 Å². The fourth-order valence-corrected chi connectivity index (χ4v) is 1.79. The standard InChI is InChI=1S/C10H9Br2N3O2/c1-2-6-14-9(16)8(12)13-15(10(14)17)7-4-3-5-11/h1,3-4H,5-7H2/b4-3+. The lowest BCUT2D eigenvalue weighted by Gasteiger charge is -2.05. The number of alkyl halides is 1. The molecule has 0 aliphatic rings. The zero-order valence-corrected chi connectivity index (χ0v) is 11.9. The van der Waals surface area contributed by atoms with Crippen molar-refractivity contribution in [3.05, 3.63) is 37.6 Å². The van der Waals surface area contributed by atoms with Gasteiger partial charge >= 0.3 is 5.69 Å². The van der Waals surface area contributed by atoms with E-state index in [2.05, 4.69) is 42.9 Å². The molecular formula is C10H9Br2N3O2. The summed E-state index contributed by atoms with van der Waals surface area (Å²) in [4.78, 5) is 23.4. The van der Waals surface area contributed by atoms with Gasteiger partial charge in [-0.1, -0.05) is 34.0 Å². The molecule has 0 aliphatic heterocycles. The van der Waals surface area contributed by atoms with Gasteiger partial charge in [0.2, 0.25) is 0 Å². The number of hydrogen-bond acceptors (Lipinski definition) is 3. The van der Waals surface area contributed by atoms with E-state index in [1.54, 1.807) is 6.08 Å². The molecule has 0 aromatic carbocycles. The smallest absolute Gasteiger partial charge is 0.266 e. The third-order valence-electron chi connectivity index (χ3n) is 1.87. The molecule has 1 aromatic heterocycles. The first-order chi connectivity index (χ1) is 8.11. The molecule has 7 heteroatoms. The van der Waals surface area contributed by atoms with Crippen LogP contribution in [0.2, 0.25) is 0 Å². The lowest BCUT2D eigenvalue weighted by molar-refractivity contribution is 0.546. The molecule has 1 rings (SSSR count). The maximum Gasteiger partial charge on any atom is 0.348 e. The first kappa shape index (κ1) is 13.9. The predicted molar refractivity (Wildman–Crippen MR) is 72.2 cm³/mol. The summed E-state index contributed by atoms with van der Waals surface area (Å²) in [6, 6.07) is 0. The van der Waals surface area contributed by atoms with Gasteiger partial charge in [-0.3, -0.25) is 4.79 Å². The van der Waals surface area contributed by atoms with Crippen LogP contribution in [-0.4, -0.2) is 19.7 Å². The summed E-state index contributed by atoms with van der Waals surface area (Å²) in [7, 11) is 0. The second kappa shape index (κ2) is 6.57. The maximum absolute atomic E-state index is 11.8. The van der Waals surface area contributed by atoms with E-state index in [0.717, 1.165) is 4.57 Å². The highest BCUT2D eigenvalue weighted by atomic mass is 79.9. The van der Waals surface area contributed by atoms with Crippen molar-refractivity contribution in [3.63, 3.8) is 0 Å². The molecule has 0 atom stereocenters. The molecule has 1 aromatic rings. The third-order valence-corrected chi connectivity index (χ3v) is 2.74. The zero-order chi connectivity index (χ0) is 12.8. The van der Waals surface area contributed by atoms with E-state index >= 15 is 0 Å². The Bertz CT molecular complexity index is 581. The van der Waals surface area contributed by atoms with Crippen LogP contribution in [0.4, 0.5) is 0 Å². The lowest BCUT2D eigenvalue weighted by Crippen LogP contribution is -2.41. The molecule has 0 N–H and O–H groups in total. The first-order valence-electron chi connectivity index (χ1n) is 4.63. The van der Waals surface area contributed by atoms with Crippen LogP contribution in [0, 0.1) is 12.3 Å². The number of aromatic nitrogens is 3. The highest BCUT2D eigenvalue weighted by Gasteiger charge is 2.09. The van der Waals surface area contributed by atoms with Gasteiger partial charge in [-0.15, -0.1) is 6.42 Å². The second-order valence-corrected chi connectivity index (χ2v) is 4.38. The summed E-state index contributed by atoms with van der Waals surface area (Å²) < 4.78 is 2.20. The van der Waals surface area contributed by atoms with Gasteiger partial charge in [0.25, 0.3) is 5.56 Å². The van der Waals surface area contributed by atoms with Crippen molar-refractivity contribution in [2.24, 2.45) is 0 Å². The Kier molecular flexibility index (Phi) is 5.38. The van der Waals surface area contributed by atoms with Crippen LogP contribution in [-0.2, 0) is 13.1 Å². The van der Waals surface area contributed by atoms with Gasteiger partial charge in [-0.05, 0) is 15.9 Å². The van der Waals surface area contributed by atoms with Crippen LogP contribution < -0.4 is 11.2 Å². The molecule has 1 heterocycles. The number of rotatable bonds is 4. The molecule has 0 unspecified atom stereocenters. The summed E-state index contributed by atoms with van der Waals surface area (Å²) in [5.41, 5.74) is -1.04. The Morgan fingerprint density at radius 1 is 1.41 bits per heavy atom. The summed E-state index contributed by atoms with van der Waals surface area (Å²) in [5.74, 6) is 2.26. The summed E-state index contributed by atoms with van der Waals surface area (Å²) >= 11 is 6.23. The Balaban J connectivity index is 3.26. The van der Waals surface area contributed by atoms with Crippen LogP contribution in [0.3, 0.4) is 0 Å². The molecule has 0 radical (unpaired) electrons. The average Bonchev–Trinajstić information content (AvgIpc) is 2.31. The minimum absolute atomic E-state index is 0.0685. The summed E-state index contributed by atoms with van der Waals surface area (Å²) in [6.45, 7) is 0.217. The van der Waals surface area contributed by atoms with Gasteiger partial charge < -0.3 is 0 Å². The van der Waals surface area contributed by atoms with Crippen LogP contribution in [0.15, 0.2) is 26.3 Å². The molecule has 0 amide bonds. The number of nitrogens with zero attached hydrogens (tertiary/aromatic N) is 3. The van der Waals surface area contributed by atoms with E-state index in [1.807, 2.05) is 6.08 Å². The SMILES string of the molecule is C#CCn1c(=O)c(Br)nn(C/C=C/CBr)c1=O. The van der Waals surface area contributed by atoms with Crippen molar-refractivity contribution in [1.29, 1.82) is 0 Å². The highest BCUT2D eigenvalue weighted by Crippen LogP contribution is 1.94. The molecule has 90 valence electrons. The highest BCUT2D eigenvalue weighted by molar-refractivity contribution is 9.10. The van der Waals surface area contributed by atoms with E-state index in [0.29, 0.717) is 5.33 Å². The topological polar surface area (TPSA) is 56.9 Å². The van der Waals surface area contributed by atoms with Crippen molar-refractivity contribution in [3.8, 4) is 12.3 Å². The van der Waals surface area contributed by atoms with E-state index in [-0.39, 0.29) is 17.7 Å². The van der Waals surface area contributed by atoms with Gasteiger partial charge in [0, 0.05) is 5.33 Å². The van der Waals surface area contributed by atoms with Crippen molar-refractivity contribution in [1.82, 2.24) is 14.3 Å². The molecule has 0 saturated heterocycles. The lowest BCUT2D eigenvalue weighted by atomic mass is 10.5. The average molecular weight is 363 g/mol. The molecule has 5 nitrogen and oxygen atoms in total. The van der Waals surface area contributed by atoms with Crippen molar-refractivity contribution in [2.45, 2.75) is 13.1 Å². The minimum atomic E-state index is -0.520. The molecule has 0 spiro atoms. The molecule has 0 bridgehead atoms. The van der Waals surface area contributed by atoms with Crippen molar-refractivity contribution >= 4 is 31.9 Å². The predicted octanol–water partition coefficient (Wildman–Crippen LogP) is 0.752. The normalized spacial score (nSPS) is 10.6. The molecule has 0 fully saturated rings. The van der Waals surface area contributed by atoms with Crippen LogP contribution in [0.1, 0.15) is 0 Å². The summed E-state index contributed by atoms with van der Waals surface area (Å²) in [6.07, 6.45) is 8.70. The fourth-order valence-electron chi connectivity index (χ4n) is 1.12. The monoisotopic (exact) mass is 361 g/mol. The second-order valence-electron chi connectivity index (χ2n) is 2.98. The van der Waals surface area contributed by atoms with E-state index in [1.165, 1.54) is 4.68 Å².